The number of hydrogen-bond donors (Lipinski definition) is 1. The van der Waals surface area contributed by atoms with Gasteiger partial charge in [-0.05, 0) is 30.9 Å². The van der Waals surface area contributed by atoms with Crippen LogP contribution in [0.5, 0.6) is 0 Å². The molecule has 0 aliphatic carbocycles. The summed E-state index contributed by atoms with van der Waals surface area (Å²) < 4.78 is 6.29. The van der Waals surface area contributed by atoms with Crippen LogP contribution in [-0.4, -0.2) is 28.0 Å². The van der Waals surface area contributed by atoms with Crippen LogP contribution in [0.4, 0.5) is 5.00 Å². The molecule has 0 saturated carbocycles. The van der Waals surface area contributed by atoms with E-state index in [-0.39, 0.29) is 18.7 Å². The molecule has 0 aliphatic heterocycles. The second-order valence-corrected chi connectivity index (χ2v) is 8.81. The predicted molar refractivity (Wildman–Crippen MR) is 123 cm³/mol. The van der Waals surface area contributed by atoms with E-state index in [1.807, 2.05) is 37.3 Å². The molecule has 0 saturated heterocycles. The highest BCUT2D eigenvalue weighted by atomic mass is 32.1. The van der Waals surface area contributed by atoms with E-state index >= 15 is 0 Å². The Labute approximate surface area is 185 Å². The molecule has 0 radical (unpaired) electrons. The number of aryl methyl sites for hydroxylation is 1. The molecule has 0 bridgehead atoms. The lowest BCUT2D eigenvalue weighted by atomic mass is 10.0. The van der Waals surface area contributed by atoms with Crippen molar-refractivity contribution in [3.63, 3.8) is 0 Å². The Kier molecular flexibility index (Phi) is 5.97. The molecule has 1 amide bonds. The van der Waals surface area contributed by atoms with Crippen molar-refractivity contribution in [1.82, 2.24) is 9.55 Å². The van der Waals surface area contributed by atoms with Crippen LogP contribution in [0.25, 0.3) is 21.3 Å². The molecular weight excluding hydrogens is 434 g/mol. The van der Waals surface area contributed by atoms with Gasteiger partial charge in [0.05, 0.1) is 23.9 Å². The van der Waals surface area contributed by atoms with Crippen molar-refractivity contribution >= 4 is 49.8 Å². The zero-order valence-electron chi connectivity index (χ0n) is 16.9. The van der Waals surface area contributed by atoms with E-state index in [2.05, 4.69) is 10.3 Å². The first-order valence-electron chi connectivity index (χ1n) is 9.58. The Morgan fingerprint density at radius 1 is 1.19 bits per heavy atom. The van der Waals surface area contributed by atoms with Crippen molar-refractivity contribution in [3.05, 3.63) is 68.9 Å². The molecule has 7 nitrogen and oxygen atoms in total. The van der Waals surface area contributed by atoms with Gasteiger partial charge < -0.3 is 10.1 Å². The molecule has 0 fully saturated rings. The number of rotatable bonds is 6. The number of anilines is 1. The Bertz CT molecular complexity index is 1320. The molecule has 0 unspecified atom stereocenters. The van der Waals surface area contributed by atoms with E-state index in [9.17, 15) is 14.4 Å². The molecule has 3 aromatic heterocycles. The summed E-state index contributed by atoms with van der Waals surface area (Å²) in [5.41, 5.74) is 1.79. The average molecular weight is 454 g/mol. The van der Waals surface area contributed by atoms with Crippen molar-refractivity contribution in [1.29, 1.82) is 0 Å². The fraction of sp³-hybridized carbons (Fsp3) is 0.182. The van der Waals surface area contributed by atoms with Gasteiger partial charge in [0, 0.05) is 10.4 Å². The third-order valence-corrected chi connectivity index (χ3v) is 6.49. The van der Waals surface area contributed by atoms with E-state index in [1.165, 1.54) is 33.6 Å². The minimum absolute atomic E-state index is 0.217. The minimum atomic E-state index is -0.499. The van der Waals surface area contributed by atoms with Crippen LogP contribution in [0.3, 0.4) is 0 Å². The van der Waals surface area contributed by atoms with Crippen LogP contribution >= 0.6 is 22.7 Å². The van der Waals surface area contributed by atoms with Crippen molar-refractivity contribution < 1.29 is 14.3 Å². The zero-order chi connectivity index (χ0) is 22.0. The molecule has 4 rings (SSSR count). The van der Waals surface area contributed by atoms with Gasteiger partial charge in [-0.1, -0.05) is 30.3 Å². The number of benzene rings is 1. The molecule has 3 heterocycles. The lowest BCUT2D eigenvalue weighted by Crippen LogP contribution is -2.28. The summed E-state index contributed by atoms with van der Waals surface area (Å²) in [5, 5.41) is 5.29. The van der Waals surface area contributed by atoms with Crippen LogP contribution in [0.2, 0.25) is 0 Å². The van der Waals surface area contributed by atoms with Crippen molar-refractivity contribution in [3.8, 4) is 11.1 Å². The summed E-state index contributed by atoms with van der Waals surface area (Å²) >= 11 is 2.67. The number of ether oxygens (including phenoxy) is 1. The van der Waals surface area contributed by atoms with Crippen molar-refractivity contribution in [2.45, 2.75) is 20.4 Å². The van der Waals surface area contributed by atoms with Crippen molar-refractivity contribution in [2.24, 2.45) is 0 Å². The van der Waals surface area contributed by atoms with E-state index in [0.717, 1.165) is 16.0 Å². The molecule has 0 atom stereocenters. The SMILES string of the molecule is CCOC(=O)c1ccsc1NC(=O)Cn1cnc2sc(C)c(-c3ccccc3)c2c1=O. The Morgan fingerprint density at radius 3 is 2.71 bits per heavy atom. The van der Waals surface area contributed by atoms with Crippen molar-refractivity contribution in [2.75, 3.05) is 11.9 Å². The number of aromatic nitrogens is 2. The number of hydrogen-bond acceptors (Lipinski definition) is 7. The molecule has 31 heavy (non-hydrogen) atoms. The molecule has 1 aromatic carbocycles. The van der Waals surface area contributed by atoms with E-state index < -0.39 is 11.9 Å². The number of thiophene rings is 2. The maximum Gasteiger partial charge on any atom is 0.341 e. The highest BCUT2D eigenvalue weighted by Gasteiger charge is 2.19. The molecule has 4 aromatic rings. The summed E-state index contributed by atoms with van der Waals surface area (Å²) in [6, 6.07) is 11.3. The number of carbonyl (C=O) groups is 2. The van der Waals surface area contributed by atoms with Crippen LogP contribution in [-0.2, 0) is 16.1 Å². The lowest BCUT2D eigenvalue weighted by Gasteiger charge is -2.08. The van der Waals surface area contributed by atoms with Crippen LogP contribution in [0.15, 0.2) is 52.9 Å². The third kappa shape index (κ3) is 4.14. The summed E-state index contributed by atoms with van der Waals surface area (Å²) in [7, 11) is 0. The first-order valence-corrected chi connectivity index (χ1v) is 11.3. The smallest absolute Gasteiger partial charge is 0.341 e. The summed E-state index contributed by atoms with van der Waals surface area (Å²) in [5.74, 6) is -0.926. The largest absolute Gasteiger partial charge is 0.462 e. The Balaban J connectivity index is 1.64. The van der Waals surface area contributed by atoms with Crippen LogP contribution in [0, 0.1) is 6.92 Å². The quantitative estimate of drug-likeness (QED) is 0.439. The van der Waals surface area contributed by atoms with Gasteiger partial charge in [-0.3, -0.25) is 14.2 Å². The van der Waals surface area contributed by atoms with Gasteiger partial charge in [-0.15, -0.1) is 22.7 Å². The van der Waals surface area contributed by atoms with Gasteiger partial charge in [0.2, 0.25) is 5.91 Å². The van der Waals surface area contributed by atoms with E-state index in [1.54, 1.807) is 18.4 Å². The number of nitrogens with zero attached hydrogens (tertiary/aromatic N) is 2. The maximum atomic E-state index is 13.2. The number of amides is 1. The number of fused-ring (bicyclic) bond motifs is 1. The maximum absolute atomic E-state index is 13.2. The molecule has 0 aliphatic rings. The average Bonchev–Trinajstić information content (AvgIpc) is 3.35. The number of esters is 1. The molecule has 0 spiro atoms. The van der Waals surface area contributed by atoms with Gasteiger partial charge in [-0.25, -0.2) is 9.78 Å². The second kappa shape index (κ2) is 8.83. The van der Waals surface area contributed by atoms with Gasteiger partial charge in [-0.2, -0.15) is 0 Å². The molecule has 9 heteroatoms. The Hall–Kier alpha value is -3.30. The highest BCUT2D eigenvalue weighted by Crippen LogP contribution is 2.35. The minimum Gasteiger partial charge on any atom is -0.462 e. The summed E-state index contributed by atoms with van der Waals surface area (Å²) in [6.07, 6.45) is 1.38. The topological polar surface area (TPSA) is 90.3 Å². The lowest BCUT2D eigenvalue weighted by molar-refractivity contribution is -0.116. The molecule has 158 valence electrons. The normalized spacial score (nSPS) is 10.9. The molecule has 1 N–H and O–H groups in total. The highest BCUT2D eigenvalue weighted by molar-refractivity contribution is 7.19. The monoisotopic (exact) mass is 453 g/mol. The summed E-state index contributed by atoms with van der Waals surface area (Å²) in [6.45, 7) is 3.70. The van der Waals surface area contributed by atoms with Crippen LogP contribution in [0.1, 0.15) is 22.2 Å². The van der Waals surface area contributed by atoms with Gasteiger partial charge in [0.25, 0.3) is 5.56 Å². The van der Waals surface area contributed by atoms with E-state index in [0.29, 0.717) is 20.8 Å². The van der Waals surface area contributed by atoms with Gasteiger partial charge >= 0.3 is 5.97 Å². The van der Waals surface area contributed by atoms with Crippen LogP contribution < -0.4 is 10.9 Å². The standard InChI is InChI=1S/C22H19N3O4S2/c1-3-29-22(28)15-9-10-30-19(15)24-16(26)11-25-12-23-20-18(21(25)27)17(13(2)31-20)14-7-5-4-6-8-14/h4-10,12H,3,11H2,1-2H3,(H,24,26). The fourth-order valence-corrected chi connectivity index (χ4v) is 5.09. The van der Waals surface area contributed by atoms with Gasteiger partial charge in [0.15, 0.2) is 0 Å². The number of nitrogens with one attached hydrogen (secondary N) is 1. The molecular formula is C22H19N3O4S2. The fourth-order valence-electron chi connectivity index (χ4n) is 3.30. The summed E-state index contributed by atoms with van der Waals surface area (Å²) in [4.78, 5) is 43.9. The predicted octanol–water partition coefficient (Wildman–Crippen LogP) is 4.31. The third-order valence-electron chi connectivity index (χ3n) is 4.64. The van der Waals surface area contributed by atoms with E-state index in [4.69, 9.17) is 4.74 Å². The Morgan fingerprint density at radius 2 is 1.97 bits per heavy atom. The second-order valence-electron chi connectivity index (χ2n) is 6.69. The first-order chi connectivity index (χ1) is 15.0. The number of carbonyl (C=O) groups excluding carboxylic acids is 2. The first kappa shape index (κ1) is 21.0. The zero-order valence-corrected chi connectivity index (χ0v) is 18.5. The van der Waals surface area contributed by atoms with Gasteiger partial charge in [0.1, 0.15) is 16.4 Å².